The van der Waals surface area contributed by atoms with E-state index in [2.05, 4.69) is 21.4 Å². The van der Waals surface area contributed by atoms with Gasteiger partial charge in [-0.25, -0.2) is 18.9 Å². The molecule has 1 N–H and O–H groups in total. The maximum atomic E-state index is 13.6. The zero-order valence-corrected chi connectivity index (χ0v) is 21.8. The molecule has 0 unspecified atom stereocenters. The number of nitrogens with zero attached hydrogens (tertiary/aromatic N) is 7. The third kappa shape index (κ3) is 4.51. The standard InChI is InChI=1S/C32H19FN8O/c33-25-10-8-22(9-11-25)30-31(40-14-2-1-3-28(40)38-30)26-12-13-29-36-27(19-41(29)39-26)37-32(42)24-15-23(17-35-18-24)21-6-4-20(16-34)5-7-21/h1-15,17-19H,(H,37,42). The topological polar surface area (TPSA) is 113 Å². The van der Waals surface area contributed by atoms with Crippen LogP contribution in [0.25, 0.3) is 45.1 Å². The predicted octanol–water partition coefficient (Wildman–Crippen LogP) is 6.04. The summed E-state index contributed by atoms with van der Waals surface area (Å²) in [7, 11) is 0. The number of carbonyl (C=O) groups excluding carboxylic acids is 1. The van der Waals surface area contributed by atoms with Crippen molar-refractivity contribution in [2.75, 3.05) is 5.32 Å². The fourth-order valence-corrected chi connectivity index (χ4v) is 4.77. The molecule has 1 amide bonds. The highest BCUT2D eigenvalue weighted by Gasteiger charge is 2.18. The summed E-state index contributed by atoms with van der Waals surface area (Å²) in [6, 6.07) is 26.4. The van der Waals surface area contributed by atoms with Gasteiger partial charge >= 0.3 is 0 Å². The Morgan fingerprint density at radius 1 is 0.857 bits per heavy atom. The number of carbonyl (C=O) groups is 1. The second-order valence-electron chi connectivity index (χ2n) is 9.50. The molecule has 2 aromatic carbocycles. The number of amides is 1. The number of hydrogen-bond donors (Lipinski definition) is 1. The van der Waals surface area contributed by atoms with Crippen LogP contribution in [-0.4, -0.2) is 34.9 Å². The molecule has 0 fully saturated rings. The number of anilines is 1. The second-order valence-corrected chi connectivity index (χ2v) is 9.50. The molecule has 0 aliphatic rings. The molecule has 0 aliphatic heterocycles. The largest absolute Gasteiger partial charge is 0.305 e. The van der Waals surface area contributed by atoms with Gasteiger partial charge in [-0.2, -0.15) is 10.4 Å². The molecule has 7 aromatic rings. The molecule has 0 radical (unpaired) electrons. The predicted molar refractivity (Wildman–Crippen MR) is 155 cm³/mol. The van der Waals surface area contributed by atoms with Gasteiger partial charge in [0.1, 0.15) is 22.9 Å². The number of fused-ring (bicyclic) bond motifs is 2. The van der Waals surface area contributed by atoms with Gasteiger partial charge in [-0.1, -0.05) is 18.2 Å². The highest BCUT2D eigenvalue weighted by atomic mass is 19.1. The van der Waals surface area contributed by atoms with Crippen molar-refractivity contribution in [1.82, 2.24) is 29.0 Å². The van der Waals surface area contributed by atoms with E-state index in [0.717, 1.165) is 28.0 Å². The number of nitriles is 1. The number of aromatic nitrogens is 6. The van der Waals surface area contributed by atoms with Gasteiger partial charge in [0.25, 0.3) is 5.91 Å². The first-order valence-corrected chi connectivity index (χ1v) is 12.9. The van der Waals surface area contributed by atoms with Crippen LogP contribution in [0.2, 0.25) is 0 Å². The van der Waals surface area contributed by atoms with Gasteiger partial charge in [-0.3, -0.25) is 14.2 Å². The van der Waals surface area contributed by atoms with E-state index in [1.165, 1.54) is 18.3 Å². The summed E-state index contributed by atoms with van der Waals surface area (Å²) in [6.45, 7) is 0. The van der Waals surface area contributed by atoms with Gasteiger partial charge < -0.3 is 5.32 Å². The molecule has 0 saturated heterocycles. The van der Waals surface area contributed by atoms with Crippen LogP contribution in [0.1, 0.15) is 15.9 Å². The minimum atomic E-state index is -0.373. The molecule has 0 saturated carbocycles. The summed E-state index contributed by atoms with van der Waals surface area (Å²) in [5.41, 5.74) is 6.55. The van der Waals surface area contributed by atoms with Crippen LogP contribution in [0, 0.1) is 17.1 Å². The lowest BCUT2D eigenvalue weighted by molar-refractivity contribution is 0.102. The van der Waals surface area contributed by atoms with Crippen LogP contribution in [0.3, 0.4) is 0 Å². The second kappa shape index (κ2) is 10.1. The van der Waals surface area contributed by atoms with E-state index in [4.69, 9.17) is 15.3 Å². The lowest BCUT2D eigenvalue weighted by Gasteiger charge is -2.05. The van der Waals surface area contributed by atoms with E-state index in [-0.39, 0.29) is 11.7 Å². The van der Waals surface area contributed by atoms with Crippen LogP contribution in [0.4, 0.5) is 10.2 Å². The quantitative estimate of drug-likeness (QED) is 0.280. The molecule has 0 spiro atoms. The Kier molecular flexibility index (Phi) is 5.95. The van der Waals surface area contributed by atoms with Crippen molar-refractivity contribution in [1.29, 1.82) is 5.26 Å². The van der Waals surface area contributed by atoms with Crippen molar-refractivity contribution in [3.05, 3.63) is 127 Å². The average molecular weight is 551 g/mol. The summed E-state index contributed by atoms with van der Waals surface area (Å²) < 4.78 is 17.2. The zero-order valence-electron chi connectivity index (χ0n) is 21.8. The summed E-state index contributed by atoms with van der Waals surface area (Å²) in [5.74, 6) is -0.374. The number of nitrogens with one attached hydrogen (secondary N) is 1. The highest BCUT2D eigenvalue weighted by Crippen LogP contribution is 2.32. The van der Waals surface area contributed by atoms with Crippen LogP contribution in [0.5, 0.6) is 0 Å². The normalized spacial score (nSPS) is 11.0. The summed E-state index contributed by atoms with van der Waals surface area (Å²) in [5, 5.41) is 16.6. The number of benzene rings is 2. The molecule has 7 rings (SSSR count). The maximum absolute atomic E-state index is 13.6. The Morgan fingerprint density at radius 2 is 1.67 bits per heavy atom. The number of hydrogen-bond acceptors (Lipinski definition) is 6. The first kappa shape index (κ1) is 24.8. The third-order valence-corrected chi connectivity index (χ3v) is 6.80. The van der Waals surface area contributed by atoms with Crippen molar-refractivity contribution in [2.24, 2.45) is 0 Å². The number of rotatable bonds is 5. The lowest BCUT2D eigenvalue weighted by Crippen LogP contribution is -2.12. The zero-order chi connectivity index (χ0) is 28.6. The molecule has 5 heterocycles. The van der Waals surface area contributed by atoms with Crippen LogP contribution in [0.15, 0.2) is 110 Å². The Balaban J connectivity index is 1.20. The maximum Gasteiger partial charge on any atom is 0.258 e. The van der Waals surface area contributed by atoms with Crippen LogP contribution < -0.4 is 5.32 Å². The Hall–Kier alpha value is -6.21. The average Bonchev–Trinajstić information content (AvgIpc) is 3.62. The van der Waals surface area contributed by atoms with Gasteiger partial charge in [-0.15, -0.1) is 0 Å². The van der Waals surface area contributed by atoms with Gasteiger partial charge in [-0.05, 0) is 72.3 Å². The van der Waals surface area contributed by atoms with E-state index in [9.17, 15) is 9.18 Å². The number of halogens is 1. The molecule has 42 heavy (non-hydrogen) atoms. The summed E-state index contributed by atoms with van der Waals surface area (Å²) >= 11 is 0. The SMILES string of the molecule is N#Cc1ccc(-c2cncc(C(=O)Nc3cn4nc(-c5c(-c6ccc(F)cc6)nc6ccccn56)ccc4n3)c2)cc1. The molecule has 200 valence electrons. The van der Waals surface area contributed by atoms with Crippen molar-refractivity contribution >= 4 is 23.0 Å². The highest BCUT2D eigenvalue weighted by molar-refractivity contribution is 6.04. The Bertz CT molecular complexity index is 2160. The van der Waals surface area contributed by atoms with Gasteiger partial charge in [0.05, 0.1) is 29.1 Å². The summed E-state index contributed by atoms with van der Waals surface area (Å²) in [6.07, 6.45) is 6.68. The third-order valence-electron chi connectivity index (χ3n) is 6.80. The fraction of sp³-hybridized carbons (Fsp3) is 0. The van der Waals surface area contributed by atoms with Gasteiger partial charge in [0.2, 0.25) is 0 Å². The van der Waals surface area contributed by atoms with E-state index in [0.29, 0.717) is 34.0 Å². The fourth-order valence-electron chi connectivity index (χ4n) is 4.77. The lowest BCUT2D eigenvalue weighted by atomic mass is 10.0. The molecule has 9 nitrogen and oxygen atoms in total. The number of pyridine rings is 2. The minimum Gasteiger partial charge on any atom is -0.305 e. The van der Waals surface area contributed by atoms with Crippen molar-refractivity contribution in [3.8, 4) is 39.8 Å². The molecular weight excluding hydrogens is 531 g/mol. The summed E-state index contributed by atoms with van der Waals surface area (Å²) in [4.78, 5) is 26.6. The molecule has 5 aromatic heterocycles. The van der Waals surface area contributed by atoms with Crippen molar-refractivity contribution < 1.29 is 9.18 Å². The van der Waals surface area contributed by atoms with Crippen LogP contribution in [-0.2, 0) is 0 Å². The van der Waals surface area contributed by atoms with Gasteiger partial charge in [0.15, 0.2) is 11.5 Å². The van der Waals surface area contributed by atoms with Gasteiger partial charge in [0, 0.05) is 29.7 Å². The Labute approximate surface area is 238 Å². The molecular formula is C32H19FN8O. The first-order chi connectivity index (χ1) is 20.6. The first-order valence-electron chi connectivity index (χ1n) is 12.9. The molecule has 0 bridgehead atoms. The van der Waals surface area contributed by atoms with E-state index in [1.807, 2.05) is 53.1 Å². The van der Waals surface area contributed by atoms with Crippen molar-refractivity contribution in [3.63, 3.8) is 0 Å². The minimum absolute atomic E-state index is 0.324. The Morgan fingerprint density at radius 3 is 2.48 bits per heavy atom. The molecule has 10 heteroatoms. The molecule has 0 atom stereocenters. The van der Waals surface area contributed by atoms with E-state index < -0.39 is 0 Å². The monoisotopic (exact) mass is 550 g/mol. The smallest absolute Gasteiger partial charge is 0.258 e. The van der Waals surface area contributed by atoms with E-state index >= 15 is 0 Å². The van der Waals surface area contributed by atoms with E-state index in [1.54, 1.807) is 47.2 Å². The van der Waals surface area contributed by atoms with Crippen LogP contribution >= 0.6 is 0 Å². The van der Waals surface area contributed by atoms with Crippen molar-refractivity contribution in [2.45, 2.75) is 0 Å². The molecule has 0 aliphatic carbocycles. The number of imidazole rings is 2.